The molecule has 2 rings (SSSR count). The first kappa shape index (κ1) is 13.9. The Hall–Kier alpha value is -0.475. The van der Waals surface area contributed by atoms with Gasteiger partial charge in [0, 0.05) is 10.9 Å². The summed E-state index contributed by atoms with van der Waals surface area (Å²) in [7, 11) is 5.72. The average Bonchev–Trinajstić information content (AvgIpc) is 2.28. The van der Waals surface area contributed by atoms with Gasteiger partial charge in [-0.15, -0.1) is 0 Å². The summed E-state index contributed by atoms with van der Waals surface area (Å²) in [5.74, 6) is 0.614. The normalized spacial score (nSPS) is 27.9. The molecule has 0 saturated heterocycles. The predicted octanol–water partition coefficient (Wildman–Crippen LogP) is 2.54. The second kappa shape index (κ2) is 4.89. The number of nitrogens with one attached hydrogen (secondary N) is 1. The van der Waals surface area contributed by atoms with E-state index in [2.05, 4.69) is 43.5 Å². The third kappa shape index (κ3) is 2.75. The molecule has 4 heteroatoms. The second-order valence-electron chi connectivity index (χ2n) is 6.20. The third-order valence-corrected chi connectivity index (χ3v) is 4.67. The van der Waals surface area contributed by atoms with Crippen molar-refractivity contribution in [2.24, 2.45) is 5.92 Å². The SMILES string of the molecule is [B]c1ccc(C2(NSC(C)(C)C)CCC2C)nc1. The van der Waals surface area contributed by atoms with Gasteiger partial charge in [-0.3, -0.25) is 9.71 Å². The van der Waals surface area contributed by atoms with Gasteiger partial charge < -0.3 is 0 Å². The molecule has 0 aromatic carbocycles. The van der Waals surface area contributed by atoms with Crippen LogP contribution in [0.2, 0.25) is 0 Å². The van der Waals surface area contributed by atoms with Crippen molar-refractivity contribution in [2.75, 3.05) is 0 Å². The van der Waals surface area contributed by atoms with Gasteiger partial charge in [0.1, 0.15) is 7.85 Å². The van der Waals surface area contributed by atoms with E-state index in [-0.39, 0.29) is 10.3 Å². The first-order valence-corrected chi connectivity index (χ1v) is 7.32. The zero-order valence-electron chi connectivity index (χ0n) is 11.7. The highest BCUT2D eigenvalue weighted by atomic mass is 32.2. The molecule has 1 aliphatic carbocycles. The van der Waals surface area contributed by atoms with Crippen LogP contribution in [0.25, 0.3) is 0 Å². The van der Waals surface area contributed by atoms with Crippen molar-refractivity contribution >= 4 is 25.3 Å². The highest BCUT2D eigenvalue weighted by molar-refractivity contribution is 7.98. The van der Waals surface area contributed by atoms with Crippen LogP contribution >= 0.6 is 11.9 Å². The van der Waals surface area contributed by atoms with Gasteiger partial charge in [0.15, 0.2) is 0 Å². The highest BCUT2D eigenvalue weighted by Crippen LogP contribution is 2.47. The molecule has 0 spiro atoms. The zero-order valence-corrected chi connectivity index (χ0v) is 12.5. The van der Waals surface area contributed by atoms with Gasteiger partial charge in [-0.1, -0.05) is 30.4 Å². The van der Waals surface area contributed by atoms with E-state index < -0.39 is 0 Å². The number of nitrogens with zero attached hydrogens (tertiary/aromatic N) is 1. The summed E-state index contributed by atoms with van der Waals surface area (Å²) in [6, 6.07) is 4.00. The van der Waals surface area contributed by atoms with Crippen LogP contribution in [-0.4, -0.2) is 17.6 Å². The van der Waals surface area contributed by atoms with E-state index in [4.69, 9.17) is 7.85 Å². The summed E-state index contributed by atoms with van der Waals surface area (Å²) < 4.78 is 3.88. The number of aromatic nitrogens is 1. The summed E-state index contributed by atoms with van der Waals surface area (Å²) >= 11 is 1.80. The molecule has 0 aliphatic heterocycles. The fraction of sp³-hybridized carbons (Fsp3) is 0.643. The van der Waals surface area contributed by atoms with Crippen molar-refractivity contribution < 1.29 is 0 Å². The highest BCUT2D eigenvalue weighted by Gasteiger charge is 2.47. The van der Waals surface area contributed by atoms with Crippen molar-refractivity contribution in [3.8, 4) is 0 Å². The van der Waals surface area contributed by atoms with Crippen molar-refractivity contribution in [1.29, 1.82) is 0 Å². The molecule has 96 valence electrons. The van der Waals surface area contributed by atoms with Crippen LogP contribution in [0.5, 0.6) is 0 Å². The van der Waals surface area contributed by atoms with E-state index in [1.165, 1.54) is 6.42 Å². The van der Waals surface area contributed by atoms with Crippen LogP contribution in [0.4, 0.5) is 0 Å². The molecule has 2 unspecified atom stereocenters. The van der Waals surface area contributed by atoms with Crippen LogP contribution in [0.1, 0.15) is 46.2 Å². The molecule has 2 radical (unpaired) electrons. The Morgan fingerprint density at radius 1 is 1.44 bits per heavy atom. The van der Waals surface area contributed by atoms with Gasteiger partial charge in [-0.2, -0.15) is 0 Å². The largest absolute Gasteiger partial charge is 0.260 e. The van der Waals surface area contributed by atoms with Crippen molar-refractivity contribution in [2.45, 2.75) is 50.8 Å². The Morgan fingerprint density at radius 2 is 2.17 bits per heavy atom. The molecule has 0 amide bonds. The Morgan fingerprint density at radius 3 is 2.56 bits per heavy atom. The lowest BCUT2D eigenvalue weighted by Crippen LogP contribution is -2.53. The fourth-order valence-corrected chi connectivity index (χ4v) is 3.12. The maximum absolute atomic E-state index is 5.72. The fourth-order valence-electron chi connectivity index (χ4n) is 2.22. The van der Waals surface area contributed by atoms with Gasteiger partial charge in [-0.05, 0) is 45.6 Å². The minimum Gasteiger partial charge on any atom is -0.260 e. The number of pyridine rings is 1. The molecule has 1 saturated carbocycles. The molecule has 1 fully saturated rings. The van der Waals surface area contributed by atoms with Crippen LogP contribution < -0.4 is 10.2 Å². The van der Waals surface area contributed by atoms with Crippen LogP contribution in [0.15, 0.2) is 18.3 Å². The summed E-state index contributed by atoms with van der Waals surface area (Å²) in [6.07, 6.45) is 4.16. The summed E-state index contributed by atoms with van der Waals surface area (Å²) in [6.45, 7) is 8.95. The standard InChI is InChI=1S/C14H21BN2S/c1-10-7-8-14(10,17-18-13(2,3)4)12-6-5-11(15)9-16-12/h5-6,9-10,17H,7-8H2,1-4H3. The number of rotatable bonds is 3. The number of hydrogen-bond donors (Lipinski definition) is 1. The van der Waals surface area contributed by atoms with Gasteiger partial charge in [0.05, 0.1) is 11.2 Å². The average molecular weight is 260 g/mol. The lowest BCUT2D eigenvalue weighted by molar-refractivity contribution is 0.122. The molecule has 0 bridgehead atoms. The zero-order chi connectivity index (χ0) is 13.4. The summed E-state index contributed by atoms with van der Waals surface area (Å²) in [4.78, 5) is 4.52. The Kier molecular flexibility index (Phi) is 3.79. The van der Waals surface area contributed by atoms with Gasteiger partial charge in [0.2, 0.25) is 0 Å². The Bertz CT molecular complexity index is 413. The van der Waals surface area contributed by atoms with Gasteiger partial charge in [0.25, 0.3) is 0 Å². The maximum Gasteiger partial charge on any atom is 0.115 e. The molecule has 1 aromatic heterocycles. The van der Waals surface area contributed by atoms with Gasteiger partial charge in [-0.25, -0.2) is 0 Å². The van der Waals surface area contributed by atoms with Crippen LogP contribution in [0, 0.1) is 5.92 Å². The molecule has 1 aliphatic rings. The van der Waals surface area contributed by atoms with E-state index in [1.54, 1.807) is 18.1 Å². The van der Waals surface area contributed by atoms with Gasteiger partial charge >= 0.3 is 0 Å². The summed E-state index contributed by atoms with van der Waals surface area (Å²) in [5.41, 5.74) is 1.86. The Labute approximate surface area is 116 Å². The van der Waals surface area contributed by atoms with Crippen LogP contribution in [0.3, 0.4) is 0 Å². The second-order valence-corrected chi connectivity index (χ2v) is 7.84. The third-order valence-electron chi connectivity index (χ3n) is 3.60. The first-order valence-electron chi connectivity index (χ1n) is 6.51. The molecule has 2 atom stereocenters. The van der Waals surface area contributed by atoms with Crippen molar-refractivity contribution in [3.63, 3.8) is 0 Å². The van der Waals surface area contributed by atoms with Crippen LogP contribution in [-0.2, 0) is 5.54 Å². The topological polar surface area (TPSA) is 24.9 Å². The van der Waals surface area contributed by atoms with E-state index in [0.717, 1.165) is 17.6 Å². The minimum atomic E-state index is 0.0195. The van der Waals surface area contributed by atoms with E-state index >= 15 is 0 Å². The van der Waals surface area contributed by atoms with E-state index in [9.17, 15) is 0 Å². The lowest BCUT2D eigenvalue weighted by atomic mass is 9.66. The Balaban J connectivity index is 2.20. The molecule has 1 heterocycles. The molecular formula is C14H21BN2S. The van der Waals surface area contributed by atoms with Crippen molar-refractivity contribution in [3.05, 3.63) is 24.0 Å². The predicted molar refractivity (Wildman–Crippen MR) is 80.2 cm³/mol. The molecule has 1 N–H and O–H groups in total. The molecule has 18 heavy (non-hydrogen) atoms. The number of hydrogen-bond acceptors (Lipinski definition) is 3. The molecule has 1 aromatic rings. The molecule has 2 nitrogen and oxygen atoms in total. The molecular weight excluding hydrogens is 239 g/mol. The quantitative estimate of drug-likeness (QED) is 0.667. The maximum atomic E-state index is 5.72. The minimum absolute atomic E-state index is 0.0195. The smallest absolute Gasteiger partial charge is 0.115 e. The monoisotopic (exact) mass is 260 g/mol. The van der Waals surface area contributed by atoms with E-state index in [0.29, 0.717) is 5.92 Å². The van der Waals surface area contributed by atoms with Crippen molar-refractivity contribution in [1.82, 2.24) is 9.71 Å². The van der Waals surface area contributed by atoms with E-state index in [1.807, 2.05) is 6.07 Å². The summed E-state index contributed by atoms with van der Waals surface area (Å²) in [5, 5.41) is 0. The first-order chi connectivity index (χ1) is 8.33. The lowest BCUT2D eigenvalue weighted by Gasteiger charge is -2.49.